The molecule has 1 aromatic carbocycles. The van der Waals surface area contributed by atoms with Gasteiger partial charge < -0.3 is 10.2 Å². The van der Waals surface area contributed by atoms with Crippen LogP contribution < -0.4 is 10.9 Å². The van der Waals surface area contributed by atoms with Crippen LogP contribution in [0.1, 0.15) is 24.8 Å². The molecule has 4 rings (SSSR count). The minimum atomic E-state index is -0.130. The van der Waals surface area contributed by atoms with Crippen molar-refractivity contribution in [3.05, 3.63) is 76.8 Å². The van der Waals surface area contributed by atoms with Gasteiger partial charge in [-0.25, -0.2) is 4.98 Å². The number of rotatable bonds is 5. The Morgan fingerprint density at radius 1 is 1.13 bits per heavy atom. The average molecular weight is 418 g/mol. The number of nitrogens with one attached hydrogen (secondary N) is 1. The summed E-state index contributed by atoms with van der Waals surface area (Å²) in [6.45, 7) is 1.36. The summed E-state index contributed by atoms with van der Waals surface area (Å²) in [7, 11) is 1.71. The fourth-order valence-electron chi connectivity index (χ4n) is 3.89. The molecule has 1 atom stereocenters. The van der Waals surface area contributed by atoms with Crippen molar-refractivity contribution in [2.75, 3.05) is 18.4 Å². The number of pyridine rings is 1. The first-order chi connectivity index (χ1) is 15.1. The second kappa shape index (κ2) is 9.55. The maximum atomic E-state index is 12.9. The van der Waals surface area contributed by atoms with E-state index in [9.17, 15) is 9.59 Å². The van der Waals surface area contributed by atoms with Gasteiger partial charge >= 0.3 is 0 Å². The molecule has 0 saturated carbocycles. The molecular weight excluding hydrogens is 390 g/mol. The summed E-state index contributed by atoms with van der Waals surface area (Å²) in [6.07, 6.45) is 6.69. The van der Waals surface area contributed by atoms with E-state index in [1.54, 1.807) is 19.4 Å². The van der Waals surface area contributed by atoms with Crippen molar-refractivity contribution >= 4 is 11.9 Å². The lowest BCUT2D eigenvalue weighted by Crippen LogP contribution is -2.41. The van der Waals surface area contributed by atoms with Crippen molar-refractivity contribution in [3.8, 4) is 11.3 Å². The molecule has 0 radical (unpaired) electrons. The molecule has 0 aliphatic carbocycles. The van der Waals surface area contributed by atoms with Crippen LogP contribution in [0.5, 0.6) is 0 Å². The van der Waals surface area contributed by atoms with Gasteiger partial charge in [-0.3, -0.25) is 19.1 Å². The van der Waals surface area contributed by atoms with Crippen molar-refractivity contribution in [2.24, 2.45) is 7.05 Å². The first-order valence-corrected chi connectivity index (χ1v) is 10.7. The van der Waals surface area contributed by atoms with Gasteiger partial charge in [-0.05, 0) is 37.0 Å². The number of anilines is 1. The molecule has 0 bridgehead atoms. The largest absolute Gasteiger partial charge is 0.351 e. The molecule has 3 heterocycles. The van der Waals surface area contributed by atoms with E-state index in [1.165, 1.54) is 10.6 Å². The molecule has 7 nitrogen and oxygen atoms in total. The van der Waals surface area contributed by atoms with Gasteiger partial charge in [-0.15, -0.1) is 0 Å². The Kier molecular flexibility index (Phi) is 6.40. The van der Waals surface area contributed by atoms with E-state index in [4.69, 9.17) is 0 Å². The van der Waals surface area contributed by atoms with Crippen molar-refractivity contribution in [1.82, 2.24) is 19.4 Å². The lowest BCUT2D eigenvalue weighted by molar-refractivity contribution is -0.130. The molecule has 3 aromatic rings. The lowest BCUT2D eigenvalue weighted by atomic mass is 10.1. The molecule has 2 aromatic heterocycles. The molecule has 1 saturated heterocycles. The Morgan fingerprint density at radius 2 is 1.90 bits per heavy atom. The number of likely N-dealkylation sites (tertiary alicyclic amines) is 1. The zero-order valence-corrected chi connectivity index (χ0v) is 17.7. The molecule has 160 valence electrons. The number of amides is 1. The van der Waals surface area contributed by atoms with Crippen molar-refractivity contribution in [2.45, 2.75) is 31.7 Å². The Balaban J connectivity index is 1.51. The highest BCUT2D eigenvalue weighted by molar-refractivity contribution is 5.78. The molecule has 1 amide bonds. The number of aromatic nitrogens is 3. The van der Waals surface area contributed by atoms with E-state index >= 15 is 0 Å². The smallest absolute Gasteiger partial charge is 0.255 e. The van der Waals surface area contributed by atoms with Crippen LogP contribution in [-0.4, -0.2) is 44.5 Å². The van der Waals surface area contributed by atoms with Crippen LogP contribution in [-0.2, 0) is 18.3 Å². The second-order valence-electron chi connectivity index (χ2n) is 7.94. The number of hydrogen-bond donors (Lipinski definition) is 1. The maximum absolute atomic E-state index is 12.9. The molecule has 31 heavy (non-hydrogen) atoms. The summed E-state index contributed by atoms with van der Waals surface area (Å²) >= 11 is 0. The third-order valence-electron chi connectivity index (χ3n) is 5.67. The first-order valence-electron chi connectivity index (χ1n) is 10.7. The fourth-order valence-corrected chi connectivity index (χ4v) is 3.89. The van der Waals surface area contributed by atoms with Gasteiger partial charge in [0.1, 0.15) is 0 Å². The summed E-state index contributed by atoms with van der Waals surface area (Å²) in [5.41, 5.74) is 2.35. The SMILES string of the molecule is Cn1c(NC2CCCCN(C(=O)Cc3ccccc3)C2)nc(-c2ccncc2)cc1=O. The van der Waals surface area contributed by atoms with Gasteiger partial charge in [0.15, 0.2) is 0 Å². The number of carbonyl (C=O) groups excluding carboxylic acids is 1. The zero-order valence-electron chi connectivity index (χ0n) is 17.7. The topological polar surface area (TPSA) is 80.1 Å². The summed E-state index contributed by atoms with van der Waals surface area (Å²) < 4.78 is 1.52. The van der Waals surface area contributed by atoms with E-state index in [0.717, 1.165) is 36.9 Å². The average Bonchev–Trinajstić information content (AvgIpc) is 3.04. The summed E-state index contributed by atoms with van der Waals surface area (Å²) in [4.78, 5) is 36.1. The van der Waals surface area contributed by atoms with Crippen LogP contribution in [0.25, 0.3) is 11.3 Å². The molecule has 0 spiro atoms. The minimum absolute atomic E-state index is 0.0352. The third kappa shape index (κ3) is 5.17. The Hall–Kier alpha value is -3.48. The van der Waals surface area contributed by atoms with Gasteiger partial charge in [0, 0.05) is 50.2 Å². The van der Waals surface area contributed by atoms with Gasteiger partial charge in [0.25, 0.3) is 5.56 Å². The number of benzene rings is 1. The number of carbonyl (C=O) groups is 1. The maximum Gasteiger partial charge on any atom is 0.255 e. The van der Waals surface area contributed by atoms with Crippen LogP contribution >= 0.6 is 0 Å². The van der Waals surface area contributed by atoms with Crippen molar-refractivity contribution in [1.29, 1.82) is 0 Å². The quantitative estimate of drug-likeness (QED) is 0.691. The van der Waals surface area contributed by atoms with Crippen LogP contribution in [0, 0.1) is 0 Å². The lowest BCUT2D eigenvalue weighted by Gasteiger charge is -2.26. The van der Waals surface area contributed by atoms with E-state index in [1.807, 2.05) is 47.4 Å². The zero-order chi connectivity index (χ0) is 21.6. The monoisotopic (exact) mass is 417 g/mol. The Labute approximate surface area is 181 Å². The van der Waals surface area contributed by atoms with Crippen LogP contribution in [0.15, 0.2) is 65.7 Å². The van der Waals surface area contributed by atoms with E-state index in [0.29, 0.717) is 24.6 Å². The fraction of sp³-hybridized carbons (Fsp3) is 0.333. The highest BCUT2D eigenvalue weighted by atomic mass is 16.2. The standard InChI is InChI=1S/C24H27N5O2/c1-28-22(30)16-21(19-10-12-25-13-11-19)27-24(28)26-20-9-5-6-14-29(17-20)23(31)15-18-7-3-2-4-8-18/h2-4,7-8,10-13,16,20H,5-6,9,14-15,17H2,1H3,(H,26,27). The van der Waals surface area contributed by atoms with E-state index < -0.39 is 0 Å². The number of nitrogens with zero attached hydrogens (tertiary/aromatic N) is 4. The Morgan fingerprint density at radius 3 is 2.68 bits per heavy atom. The second-order valence-corrected chi connectivity index (χ2v) is 7.94. The third-order valence-corrected chi connectivity index (χ3v) is 5.67. The van der Waals surface area contributed by atoms with Gasteiger partial charge in [-0.2, -0.15) is 0 Å². The van der Waals surface area contributed by atoms with Gasteiger partial charge in [0.2, 0.25) is 11.9 Å². The molecule has 1 aliphatic heterocycles. The van der Waals surface area contributed by atoms with Crippen molar-refractivity contribution < 1.29 is 4.79 Å². The molecule has 1 aliphatic rings. The molecule has 1 fully saturated rings. The van der Waals surface area contributed by atoms with Gasteiger partial charge in [-0.1, -0.05) is 30.3 Å². The molecule has 7 heteroatoms. The minimum Gasteiger partial charge on any atom is -0.351 e. The highest BCUT2D eigenvalue weighted by Crippen LogP contribution is 2.19. The molecule has 1 N–H and O–H groups in total. The van der Waals surface area contributed by atoms with Crippen LogP contribution in [0.2, 0.25) is 0 Å². The molecule has 1 unspecified atom stereocenters. The summed E-state index contributed by atoms with van der Waals surface area (Å²) in [5, 5.41) is 3.43. The Bertz CT molecular complexity index is 1080. The summed E-state index contributed by atoms with van der Waals surface area (Å²) in [5.74, 6) is 0.647. The number of hydrogen-bond acceptors (Lipinski definition) is 5. The van der Waals surface area contributed by atoms with Gasteiger partial charge in [0.05, 0.1) is 12.1 Å². The normalized spacial score (nSPS) is 16.5. The summed E-state index contributed by atoms with van der Waals surface area (Å²) in [6, 6.07) is 15.1. The first kappa shape index (κ1) is 20.8. The predicted molar refractivity (Wildman–Crippen MR) is 121 cm³/mol. The van der Waals surface area contributed by atoms with Crippen molar-refractivity contribution in [3.63, 3.8) is 0 Å². The van der Waals surface area contributed by atoms with Crippen LogP contribution in [0.3, 0.4) is 0 Å². The van der Waals surface area contributed by atoms with Crippen LogP contribution in [0.4, 0.5) is 5.95 Å². The predicted octanol–water partition coefficient (Wildman–Crippen LogP) is 2.88. The molecular formula is C24H27N5O2. The highest BCUT2D eigenvalue weighted by Gasteiger charge is 2.23. The van der Waals surface area contributed by atoms with E-state index in [2.05, 4.69) is 15.3 Å². The van der Waals surface area contributed by atoms with E-state index in [-0.39, 0.29) is 17.5 Å².